The van der Waals surface area contributed by atoms with E-state index in [4.69, 9.17) is 0 Å². The molecule has 25 heavy (non-hydrogen) atoms. The molecule has 2 aromatic heterocycles. The molecule has 2 heterocycles. The fourth-order valence-electron chi connectivity index (χ4n) is 2.83. The Balaban J connectivity index is 1.64. The van der Waals surface area contributed by atoms with E-state index in [1.807, 2.05) is 61.8 Å². The van der Waals surface area contributed by atoms with Gasteiger partial charge in [0.25, 0.3) is 5.91 Å². The lowest BCUT2D eigenvalue weighted by Crippen LogP contribution is -2.14. The van der Waals surface area contributed by atoms with Gasteiger partial charge in [0.2, 0.25) is 0 Å². The third-order valence-corrected chi connectivity index (χ3v) is 6.01. The first-order chi connectivity index (χ1) is 12.0. The van der Waals surface area contributed by atoms with Gasteiger partial charge in [0, 0.05) is 25.3 Å². The van der Waals surface area contributed by atoms with E-state index in [1.54, 1.807) is 11.3 Å². The number of carbonyl (C=O) groups excluding carboxylic acids is 1. The summed E-state index contributed by atoms with van der Waals surface area (Å²) < 4.78 is 2.18. The highest BCUT2D eigenvalue weighted by atomic mass is 32.1. The minimum Gasteiger partial charge on any atom is -0.377 e. The third kappa shape index (κ3) is 2.85. The molecule has 1 N–H and O–H groups in total. The topological polar surface area (TPSA) is 58.1 Å². The minimum absolute atomic E-state index is 0.145. The quantitative estimate of drug-likeness (QED) is 0.577. The Morgan fingerprint density at radius 1 is 1.12 bits per heavy atom. The Kier molecular flexibility index (Phi) is 3.89. The van der Waals surface area contributed by atoms with Crippen LogP contribution < -0.4 is 10.2 Å². The van der Waals surface area contributed by atoms with E-state index >= 15 is 0 Å². The first-order valence-electron chi connectivity index (χ1n) is 7.75. The van der Waals surface area contributed by atoms with Crippen LogP contribution in [0.1, 0.15) is 15.9 Å². The van der Waals surface area contributed by atoms with Gasteiger partial charge in [-0.1, -0.05) is 11.3 Å². The zero-order valence-corrected chi connectivity index (χ0v) is 15.7. The van der Waals surface area contributed by atoms with Crippen molar-refractivity contribution in [1.82, 2.24) is 9.97 Å². The average molecular weight is 368 g/mol. The Bertz CT molecular complexity index is 1100. The molecule has 0 aliphatic rings. The first kappa shape index (κ1) is 16.0. The van der Waals surface area contributed by atoms with Crippen LogP contribution in [0.2, 0.25) is 0 Å². The molecular formula is C18H16N4OS2. The molecule has 4 rings (SSSR count). The SMILES string of the molecule is Cc1cc(C(=O)Nc2nc3ccc4ncsc4c3s2)ccc1N(C)C. The fourth-order valence-corrected chi connectivity index (χ4v) is 4.72. The number of hydrogen-bond donors (Lipinski definition) is 1. The van der Waals surface area contributed by atoms with E-state index in [0.717, 1.165) is 31.7 Å². The normalized spacial score (nSPS) is 11.2. The van der Waals surface area contributed by atoms with E-state index in [-0.39, 0.29) is 5.91 Å². The lowest BCUT2D eigenvalue weighted by Gasteiger charge is -2.16. The highest BCUT2D eigenvalue weighted by Gasteiger charge is 2.13. The molecule has 0 fully saturated rings. The number of carbonyl (C=O) groups is 1. The Labute approximate surface area is 153 Å². The number of anilines is 2. The molecule has 0 aliphatic carbocycles. The van der Waals surface area contributed by atoms with E-state index < -0.39 is 0 Å². The number of amides is 1. The number of nitrogens with zero attached hydrogens (tertiary/aromatic N) is 3. The van der Waals surface area contributed by atoms with Crippen LogP contribution in [0, 0.1) is 6.92 Å². The Morgan fingerprint density at radius 3 is 2.68 bits per heavy atom. The number of nitrogens with one attached hydrogen (secondary N) is 1. The van der Waals surface area contributed by atoms with Gasteiger partial charge in [-0.2, -0.15) is 0 Å². The molecule has 0 spiro atoms. The predicted octanol–water partition coefficient (Wildman–Crippen LogP) is 4.53. The summed E-state index contributed by atoms with van der Waals surface area (Å²) in [6.07, 6.45) is 0. The molecule has 0 atom stereocenters. The smallest absolute Gasteiger partial charge is 0.257 e. The maximum atomic E-state index is 12.6. The first-order valence-corrected chi connectivity index (χ1v) is 9.44. The standard InChI is InChI=1S/C18H16N4OS2/c1-10-8-11(4-7-14(10)22(2)3)17(23)21-18-20-13-6-5-12-15(16(13)25-18)24-9-19-12/h4-9H,1-3H3,(H,20,21,23). The van der Waals surface area contributed by atoms with Crippen molar-refractivity contribution in [2.24, 2.45) is 0 Å². The summed E-state index contributed by atoms with van der Waals surface area (Å²) in [5.41, 5.74) is 6.48. The van der Waals surface area contributed by atoms with Crippen molar-refractivity contribution in [3.05, 3.63) is 47.0 Å². The van der Waals surface area contributed by atoms with Crippen molar-refractivity contribution in [3.8, 4) is 0 Å². The van der Waals surface area contributed by atoms with Crippen LogP contribution in [0.15, 0.2) is 35.8 Å². The number of thiazole rings is 2. The monoisotopic (exact) mass is 368 g/mol. The second-order valence-electron chi connectivity index (χ2n) is 5.98. The Hall–Kier alpha value is -2.51. The van der Waals surface area contributed by atoms with Crippen LogP contribution in [-0.4, -0.2) is 30.0 Å². The largest absolute Gasteiger partial charge is 0.377 e. The summed E-state index contributed by atoms with van der Waals surface area (Å²) in [4.78, 5) is 23.5. The van der Waals surface area contributed by atoms with E-state index in [9.17, 15) is 4.79 Å². The molecule has 126 valence electrons. The predicted molar refractivity (Wildman–Crippen MR) is 106 cm³/mol. The van der Waals surface area contributed by atoms with Gasteiger partial charge in [0.1, 0.15) is 0 Å². The number of fused-ring (bicyclic) bond motifs is 3. The van der Waals surface area contributed by atoms with Crippen LogP contribution in [-0.2, 0) is 0 Å². The summed E-state index contributed by atoms with van der Waals surface area (Å²) in [7, 11) is 3.98. The highest BCUT2D eigenvalue weighted by molar-refractivity contribution is 7.28. The molecule has 0 radical (unpaired) electrons. The van der Waals surface area contributed by atoms with Crippen molar-refractivity contribution < 1.29 is 4.79 Å². The summed E-state index contributed by atoms with van der Waals surface area (Å²) in [5, 5.41) is 3.53. The van der Waals surface area contributed by atoms with Gasteiger partial charge in [-0.15, -0.1) is 11.3 Å². The molecule has 2 aromatic carbocycles. The molecule has 7 heteroatoms. The number of aromatic nitrogens is 2. The average Bonchev–Trinajstić information content (AvgIpc) is 3.19. The van der Waals surface area contributed by atoms with Crippen molar-refractivity contribution in [3.63, 3.8) is 0 Å². The zero-order chi connectivity index (χ0) is 17.6. The molecule has 0 bridgehead atoms. The zero-order valence-electron chi connectivity index (χ0n) is 14.0. The van der Waals surface area contributed by atoms with Gasteiger partial charge in [0.15, 0.2) is 5.13 Å². The van der Waals surface area contributed by atoms with Gasteiger partial charge >= 0.3 is 0 Å². The third-order valence-electron chi connectivity index (χ3n) is 4.01. The fraction of sp³-hybridized carbons (Fsp3) is 0.167. The molecule has 0 saturated carbocycles. The van der Waals surface area contributed by atoms with Crippen LogP contribution >= 0.6 is 22.7 Å². The summed E-state index contributed by atoms with van der Waals surface area (Å²) in [6, 6.07) is 9.61. The lowest BCUT2D eigenvalue weighted by atomic mass is 10.1. The number of aryl methyl sites for hydroxylation is 1. The van der Waals surface area contributed by atoms with Crippen LogP contribution in [0.4, 0.5) is 10.8 Å². The van der Waals surface area contributed by atoms with Crippen LogP contribution in [0.3, 0.4) is 0 Å². The van der Waals surface area contributed by atoms with Crippen molar-refractivity contribution in [2.75, 3.05) is 24.3 Å². The van der Waals surface area contributed by atoms with Crippen molar-refractivity contribution >= 4 is 59.8 Å². The Morgan fingerprint density at radius 2 is 1.92 bits per heavy atom. The molecule has 4 aromatic rings. The summed E-state index contributed by atoms with van der Waals surface area (Å²) in [6.45, 7) is 2.00. The van der Waals surface area contributed by atoms with E-state index in [2.05, 4.69) is 15.3 Å². The van der Waals surface area contributed by atoms with Gasteiger partial charge in [0.05, 0.1) is 25.9 Å². The molecular weight excluding hydrogens is 352 g/mol. The summed E-state index contributed by atoms with van der Waals surface area (Å²) in [5.74, 6) is -0.145. The molecule has 0 unspecified atom stereocenters. The van der Waals surface area contributed by atoms with E-state index in [1.165, 1.54) is 11.3 Å². The van der Waals surface area contributed by atoms with Crippen LogP contribution in [0.25, 0.3) is 20.4 Å². The maximum absolute atomic E-state index is 12.6. The molecule has 0 saturated heterocycles. The van der Waals surface area contributed by atoms with Gasteiger partial charge in [-0.3, -0.25) is 10.1 Å². The number of rotatable bonds is 3. The van der Waals surface area contributed by atoms with Crippen LogP contribution in [0.5, 0.6) is 0 Å². The summed E-state index contributed by atoms with van der Waals surface area (Å²) >= 11 is 3.08. The number of hydrogen-bond acceptors (Lipinski definition) is 6. The minimum atomic E-state index is -0.145. The number of benzene rings is 2. The van der Waals surface area contributed by atoms with Gasteiger partial charge in [-0.25, -0.2) is 9.97 Å². The lowest BCUT2D eigenvalue weighted by molar-refractivity contribution is 0.102. The molecule has 1 amide bonds. The molecule has 0 aliphatic heterocycles. The second kappa shape index (κ2) is 6.09. The van der Waals surface area contributed by atoms with Gasteiger partial charge in [-0.05, 0) is 42.8 Å². The van der Waals surface area contributed by atoms with Crippen molar-refractivity contribution in [1.29, 1.82) is 0 Å². The molecule has 5 nitrogen and oxygen atoms in total. The second-order valence-corrected chi connectivity index (χ2v) is 7.84. The van der Waals surface area contributed by atoms with Crippen molar-refractivity contribution in [2.45, 2.75) is 6.92 Å². The van der Waals surface area contributed by atoms with E-state index in [0.29, 0.717) is 10.7 Å². The highest BCUT2D eigenvalue weighted by Crippen LogP contribution is 2.34. The maximum Gasteiger partial charge on any atom is 0.257 e. The van der Waals surface area contributed by atoms with Gasteiger partial charge < -0.3 is 4.90 Å².